The number of nitrogens with two attached hydrogens (primary N) is 1. The number of aryl methyl sites for hydroxylation is 2. The Hall–Kier alpha value is -2.62. The van der Waals surface area contributed by atoms with E-state index in [0.29, 0.717) is 30.9 Å². The number of fused-ring (bicyclic) bond motifs is 1. The number of halogens is 1. The van der Waals surface area contributed by atoms with Crippen molar-refractivity contribution >= 4 is 17.1 Å². The van der Waals surface area contributed by atoms with Crippen molar-refractivity contribution < 1.29 is 22.5 Å². The van der Waals surface area contributed by atoms with E-state index in [1.54, 1.807) is 7.05 Å². The molecule has 168 valence electrons. The summed E-state index contributed by atoms with van der Waals surface area (Å²) in [4.78, 5) is 32.2. The number of morpholine rings is 1. The molecule has 0 bridgehead atoms. The van der Waals surface area contributed by atoms with Crippen molar-refractivity contribution in [3.8, 4) is 0 Å². The number of aromatic nitrogens is 4. The lowest BCUT2D eigenvalue weighted by molar-refractivity contribution is -0.671. The van der Waals surface area contributed by atoms with Crippen LogP contribution in [0.2, 0.25) is 0 Å². The number of imidazole rings is 1. The van der Waals surface area contributed by atoms with Gasteiger partial charge in [0.1, 0.15) is 6.54 Å². The Morgan fingerprint density at radius 1 is 1.06 bits per heavy atom. The fourth-order valence-corrected chi connectivity index (χ4v) is 3.93. The van der Waals surface area contributed by atoms with E-state index in [1.807, 2.05) is 10.6 Å². The van der Waals surface area contributed by atoms with Crippen LogP contribution in [0.5, 0.6) is 0 Å². The predicted molar refractivity (Wildman–Crippen MR) is 115 cm³/mol. The molecule has 0 unspecified atom stereocenters. The zero-order valence-electron chi connectivity index (χ0n) is 18.0. The molecule has 0 aliphatic carbocycles. The zero-order valence-corrected chi connectivity index (χ0v) is 18.7. The standard InChI is InChI=1S/C21H28N6O3.ClH/c1-24-18-17(19(28)25(2)21(24)29)27(20(23-18)26-11-13-30-14-12-26)10-6-9-22-15-16-7-4-3-5-8-16;/h3-5,7-8,22H,6,9-15H2,1-2H3;1H. The molecule has 1 aliphatic heterocycles. The van der Waals surface area contributed by atoms with Crippen molar-refractivity contribution in [2.45, 2.75) is 19.5 Å². The smallest absolute Gasteiger partial charge is 0.332 e. The number of anilines is 1. The van der Waals surface area contributed by atoms with Gasteiger partial charge in [0.05, 0.1) is 19.8 Å². The van der Waals surface area contributed by atoms with Crippen LogP contribution in [0.15, 0.2) is 39.9 Å². The first-order valence-corrected chi connectivity index (χ1v) is 10.4. The Morgan fingerprint density at radius 2 is 1.77 bits per heavy atom. The molecule has 2 N–H and O–H groups in total. The van der Waals surface area contributed by atoms with Crippen molar-refractivity contribution in [2.24, 2.45) is 14.1 Å². The second-order valence-corrected chi connectivity index (χ2v) is 7.66. The Labute approximate surface area is 186 Å². The number of rotatable bonds is 7. The van der Waals surface area contributed by atoms with E-state index in [1.165, 1.54) is 17.2 Å². The molecule has 0 radical (unpaired) electrons. The average molecular weight is 449 g/mol. The second-order valence-electron chi connectivity index (χ2n) is 7.66. The van der Waals surface area contributed by atoms with Crippen LogP contribution in [0.3, 0.4) is 0 Å². The van der Waals surface area contributed by atoms with E-state index in [0.717, 1.165) is 43.1 Å². The zero-order chi connectivity index (χ0) is 21.1. The molecule has 2 aromatic heterocycles. The minimum atomic E-state index is -0.359. The first kappa shape index (κ1) is 23.1. The summed E-state index contributed by atoms with van der Waals surface area (Å²) in [5.41, 5.74) is 1.57. The maximum atomic E-state index is 12.9. The van der Waals surface area contributed by atoms with Crippen LogP contribution < -0.4 is 33.9 Å². The Balaban J connectivity index is 0.00000272. The molecular weight excluding hydrogens is 420 g/mol. The predicted octanol–water partition coefficient (Wildman–Crippen LogP) is -3.57. The lowest BCUT2D eigenvalue weighted by Gasteiger charge is -2.28. The molecule has 1 saturated heterocycles. The summed E-state index contributed by atoms with van der Waals surface area (Å²) >= 11 is 0. The van der Waals surface area contributed by atoms with E-state index in [-0.39, 0.29) is 23.7 Å². The van der Waals surface area contributed by atoms with Gasteiger partial charge in [0.15, 0.2) is 11.2 Å². The summed E-state index contributed by atoms with van der Waals surface area (Å²) in [6.07, 6.45) is 0.891. The van der Waals surface area contributed by atoms with Gasteiger partial charge in [0.2, 0.25) is 5.95 Å². The Bertz CT molecular complexity index is 1130. The van der Waals surface area contributed by atoms with E-state index in [9.17, 15) is 9.59 Å². The highest BCUT2D eigenvalue weighted by Gasteiger charge is 2.23. The number of ether oxygens (including phenoxy) is 1. The van der Waals surface area contributed by atoms with E-state index >= 15 is 0 Å². The van der Waals surface area contributed by atoms with Crippen LogP contribution in [0, 0.1) is 0 Å². The van der Waals surface area contributed by atoms with Gasteiger partial charge < -0.3 is 31.9 Å². The van der Waals surface area contributed by atoms with E-state index in [4.69, 9.17) is 9.72 Å². The topological polar surface area (TPSA) is 90.9 Å². The number of quaternary nitrogens is 1. The summed E-state index contributed by atoms with van der Waals surface area (Å²) in [5.74, 6) is 0.745. The van der Waals surface area contributed by atoms with Crippen molar-refractivity contribution in [3.05, 3.63) is 56.7 Å². The van der Waals surface area contributed by atoms with Crippen LogP contribution in [-0.4, -0.2) is 51.5 Å². The van der Waals surface area contributed by atoms with E-state index < -0.39 is 0 Å². The molecule has 3 aromatic rings. The van der Waals surface area contributed by atoms with E-state index in [2.05, 4.69) is 34.5 Å². The van der Waals surface area contributed by atoms with Gasteiger partial charge in [0, 0.05) is 45.7 Å². The fraction of sp³-hybridized carbons (Fsp3) is 0.476. The molecule has 10 heteroatoms. The molecule has 0 saturated carbocycles. The van der Waals surface area contributed by atoms with Crippen LogP contribution in [0.25, 0.3) is 11.2 Å². The SMILES string of the molecule is Cn1c(=O)c2c(nc(N3CCOCC3)n2CCC[NH2+]Cc2ccccc2)n(C)c1=O.[Cl-]. The van der Waals surface area contributed by atoms with Crippen molar-refractivity contribution in [1.29, 1.82) is 0 Å². The molecule has 1 aliphatic rings. The monoisotopic (exact) mass is 448 g/mol. The molecule has 4 rings (SSSR count). The molecule has 0 amide bonds. The third-order valence-corrected chi connectivity index (χ3v) is 5.63. The van der Waals surface area contributed by atoms with Crippen molar-refractivity contribution in [3.63, 3.8) is 0 Å². The molecule has 31 heavy (non-hydrogen) atoms. The fourth-order valence-electron chi connectivity index (χ4n) is 3.93. The summed E-state index contributed by atoms with van der Waals surface area (Å²) < 4.78 is 10.1. The quantitative estimate of drug-likeness (QED) is 0.378. The van der Waals surface area contributed by atoms with Crippen molar-refractivity contribution in [2.75, 3.05) is 37.7 Å². The number of hydrogen-bond donors (Lipinski definition) is 1. The molecule has 0 atom stereocenters. The normalized spacial score (nSPS) is 14.1. The first-order valence-electron chi connectivity index (χ1n) is 10.4. The first-order chi connectivity index (χ1) is 14.6. The third kappa shape index (κ3) is 4.68. The van der Waals surface area contributed by atoms with Gasteiger partial charge in [-0.05, 0) is 0 Å². The number of hydrogen-bond acceptors (Lipinski definition) is 5. The van der Waals surface area contributed by atoms with Gasteiger partial charge >= 0.3 is 5.69 Å². The Morgan fingerprint density at radius 3 is 2.48 bits per heavy atom. The van der Waals surface area contributed by atoms with Gasteiger partial charge in [-0.3, -0.25) is 13.9 Å². The lowest BCUT2D eigenvalue weighted by Crippen LogP contribution is -3.00. The number of benzene rings is 1. The summed E-state index contributed by atoms with van der Waals surface area (Å²) in [5, 5.41) is 2.27. The van der Waals surface area contributed by atoms with Crippen molar-refractivity contribution in [1.82, 2.24) is 18.7 Å². The van der Waals surface area contributed by atoms with Gasteiger partial charge in [-0.1, -0.05) is 30.3 Å². The molecule has 9 nitrogen and oxygen atoms in total. The minimum Gasteiger partial charge on any atom is -1.00 e. The van der Waals surface area contributed by atoms with Crippen LogP contribution in [0.1, 0.15) is 12.0 Å². The molecule has 0 spiro atoms. The van der Waals surface area contributed by atoms with Crippen LogP contribution in [0.4, 0.5) is 5.95 Å². The Kier molecular flexibility index (Phi) is 7.53. The summed E-state index contributed by atoms with van der Waals surface area (Å²) in [6.45, 7) is 5.23. The van der Waals surface area contributed by atoms with Gasteiger partial charge in [-0.2, -0.15) is 4.98 Å². The van der Waals surface area contributed by atoms with Gasteiger partial charge in [-0.25, -0.2) is 4.79 Å². The highest BCUT2D eigenvalue weighted by atomic mass is 35.5. The van der Waals surface area contributed by atoms with Crippen LogP contribution >= 0.6 is 0 Å². The largest absolute Gasteiger partial charge is 1.00 e. The lowest BCUT2D eigenvalue weighted by atomic mass is 10.2. The third-order valence-electron chi connectivity index (χ3n) is 5.63. The second kappa shape index (κ2) is 10.1. The van der Waals surface area contributed by atoms with Gasteiger partial charge in [0.25, 0.3) is 5.56 Å². The maximum absolute atomic E-state index is 12.9. The van der Waals surface area contributed by atoms with Gasteiger partial charge in [-0.15, -0.1) is 0 Å². The minimum absolute atomic E-state index is 0. The summed E-state index contributed by atoms with van der Waals surface area (Å²) in [7, 11) is 3.18. The number of nitrogens with zero attached hydrogens (tertiary/aromatic N) is 5. The van der Waals surface area contributed by atoms with Crippen LogP contribution in [-0.2, 0) is 31.9 Å². The molecule has 3 heterocycles. The molecule has 1 fully saturated rings. The molecular formula is C21H29ClN6O3. The molecule has 1 aromatic carbocycles. The average Bonchev–Trinajstić information content (AvgIpc) is 3.17. The highest BCUT2D eigenvalue weighted by Crippen LogP contribution is 2.21. The summed E-state index contributed by atoms with van der Waals surface area (Å²) in [6, 6.07) is 10.4. The maximum Gasteiger partial charge on any atom is 0.332 e. The highest BCUT2D eigenvalue weighted by molar-refractivity contribution is 5.74.